The van der Waals surface area contributed by atoms with Gasteiger partial charge in [0.05, 0.1) is 0 Å². The maximum Gasteiger partial charge on any atom is 0.303 e. The van der Waals surface area contributed by atoms with E-state index < -0.39 is 5.97 Å². The first-order valence-corrected chi connectivity index (χ1v) is 12.5. The third-order valence-corrected chi connectivity index (χ3v) is 6.71. The molecule has 0 spiro atoms. The molecular formula is C28H41NO4. The Bertz CT molecular complexity index is 769. The molecule has 1 aromatic rings. The number of hydrogen-bond donors (Lipinski definition) is 3. The van der Waals surface area contributed by atoms with Crippen molar-refractivity contribution >= 4 is 12.3 Å². The summed E-state index contributed by atoms with van der Waals surface area (Å²) in [4.78, 5) is 22.3. The van der Waals surface area contributed by atoms with Gasteiger partial charge in [-0.05, 0) is 87.4 Å². The molecule has 5 heteroatoms. The van der Waals surface area contributed by atoms with Crippen LogP contribution in [-0.2, 0) is 16.0 Å². The summed E-state index contributed by atoms with van der Waals surface area (Å²) in [6.45, 7) is 0.685. The predicted octanol–water partition coefficient (Wildman–Crippen LogP) is 5.81. The molecule has 0 aromatic heterocycles. The fourth-order valence-corrected chi connectivity index (χ4v) is 4.81. The van der Waals surface area contributed by atoms with Crippen LogP contribution in [0.1, 0.15) is 76.2 Å². The topological polar surface area (TPSA) is 101 Å². The highest BCUT2D eigenvalue weighted by Crippen LogP contribution is 2.33. The highest BCUT2D eigenvalue weighted by atomic mass is 16.4. The number of unbranched alkanes of at least 4 members (excludes halogenated alkanes) is 2. The van der Waals surface area contributed by atoms with E-state index in [0.29, 0.717) is 24.8 Å². The monoisotopic (exact) mass is 455 g/mol. The summed E-state index contributed by atoms with van der Waals surface area (Å²) in [6, 6.07) is 7.40. The summed E-state index contributed by atoms with van der Waals surface area (Å²) in [5, 5.41) is 18.3. The number of carbonyl (C=O) groups excluding carboxylic acids is 1. The van der Waals surface area contributed by atoms with Gasteiger partial charge in [-0.25, -0.2) is 0 Å². The number of allylic oxidation sites excluding steroid dienone is 3. The molecule has 3 atom stereocenters. The second kappa shape index (κ2) is 15.4. The van der Waals surface area contributed by atoms with Crippen LogP contribution in [0.3, 0.4) is 0 Å². The largest absolute Gasteiger partial charge is 0.508 e. The van der Waals surface area contributed by atoms with Crippen LogP contribution in [0.5, 0.6) is 5.75 Å². The van der Waals surface area contributed by atoms with Crippen LogP contribution < -0.4 is 5.73 Å². The number of carbonyl (C=O) groups is 2. The van der Waals surface area contributed by atoms with Crippen LogP contribution in [-0.4, -0.2) is 29.0 Å². The fraction of sp³-hybridized carbons (Fsp3) is 0.571. The molecule has 0 amide bonds. The van der Waals surface area contributed by atoms with Crippen molar-refractivity contribution in [1.29, 1.82) is 0 Å². The van der Waals surface area contributed by atoms with Crippen molar-refractivity contribution in [2.24, 2.45) is 23.5 Å². The predicted molar refractivity (Wildman–Crippen MR) is 133 cm³/mol. The lowest BCUT2D eigenvalue weighted by Gasteiger charge is -2.17. The van der Waals surface area contributed by atoms with Gasteiger partial charge in [0.15, 0.2) is 0 Å². The third-order valence-electron chi connectivity index (χ3n) is 6.71. The molecule has 0 radical (unpaired) electrons. The first-order chi connectivity index (χ1) is 16.0. The van der Waals surface area contributed by atoms with Crippen LogP contribution in [0.4, 0.5) is 0 Å². The molecule has 0 unspecified atom stereocenters. The van der Waals surface area contributed by atoms with E-state index in [-0.39, 0.29) is 18.1 Å². The van der Waals surface area contributed by atoms with E-state index in [9.17, 15) is 14.7 Å². The van der Waals surface area contributed by atoms with E-state index in [1.807, 2.05) is 18.2 Å². The van der Waals surface area contributed by atoms with Crippen molar-refractivity contribution in [3.05, 3.63) is 53.6 Å². The number of rotatable bonds is 17. The molecule has 1 aliphatic rings. The Morgan fingerprint density at radius 1 is 1.12 bits per heavy atom. The Labute approximate surface area is 198 Å². The number of phenolic OH excluding ortho intramolecular Hbond substituents is 1. The van der Waals surface area contributed by atoms with E-state index in [1.165, 1.54) is 11.1 Å². The van der Waals surface area contributed by atoms with Crippen LogP contribution >= 0.6 is 0 Å². The number of carboxylic acids is 1. The maximum atomic E-state index is 11.7. The maximum absolute atomic E-state index is 11.7. The minimum Gasteiger partial charge on any atom is -0.508 e. The van der Waals surface area contributed by atoms with Gasteiger partial charge in [-0.2, -0.15) is 0 Å². The molecule has 33 heavy (non-hydrogen) atoms. The van der Waals surface area contributed by atoms with Crippen LogP contribution in [0, 0.1) is 17.8 Å². The Hall–Kier alpha value is -2.40. The fourth-order valence-electron chi connectivity index (χ4n) is 4.81. The van der Waals surface area contributed by atoms with Crippen molar-refractivity contribution in [3.63, 3.8) is 0 Å². The molecule has 2 rings (SSSR count). The van der Waals surface area contributed by atoms with E-state index in [2.05, 4.69) is 12.2 Å². The zero-order valence-corrected chi connectivity index (χ0v) is 19.8. The Morgan fingerprint density at radius 2 is 1.88 bits per heavy atom. The minimum atomic E-state index is -0.766. The number of aliphatic carboxylic acids is 1. The third kappa shape index (κ3) is 10.8. The lowest BCUT2D eigenvalue weighted by molar-refractivity contribution is -0.136. The minimum absolute atomic E-state index is 0.130. The summed E-state index contributed by atoms with van der Waals surface area (Å²) < 4.78 is 0. The number of phenols is 1. The highest BCUT2D eigenvalue weighted by Gasteiger charge is 2.23. The first kappa shape index (κ1) is 26.8. The van der Waals surface area contributed by atoms with Gasteiger partial charge >= 0.3 is 5.97 Å². The first-order valence-electron chi connectivity index (χ1n) is 12.5. The molecule has 0 aliphatic heterocycles. The smallest absolute Gasteiger partial charge is 0.303 e. The van der Waals surface area contributed by atoms with Gasteiger partial charge in [-0.3, -0.25) is 4.79 Å². The van der Waals surface area contributed by atoms with E-state index in [0.717, 1.165) is 70.5 Å². The number of aromatic hydroxyl groups is 1. The van der Waals surface area contributed by atoms with Gasteiger partial charge in [0, 0.05) is 12.3 Å². The van der Waals surface area contributed by atoms with Gasteiger partial charge in [-0.15, -0.1) is 0 Å². The molecular weight excluding hydrogens is 414 g/mol. The molecule has 0 fully saturated rings. The standard InChI is InChI=1S/C28H41NO4/c29-18-17-24-11-14-25(20-24)26(21-30)9-5-1-3-7-22(8-4-2-6-10-28(32)33)19-23-12-15-27(31)16-13-23/h2,4,12-13,15-16,20-22,25-26,31H,1,3,5-11,14,17-19,29H2,(H,32,33)/b4-2-/t22-,25+,26-/m1/s1. The Balaban J connectivity index is 1.77. The summed E-state index contributed by atoms with van der Waals surface area (Å²) >= 11 is 0. The number of aldehydes is 1. The van der Waals surface area contributed by atoms with E-state index in [1.54, 1.807) is 12.1 Å². The molecule has 1 aromatic carbocycles. The van der Waals surface area contributed by atoms with E-state index in [4.69, 9.17) is 10.8 Å². The van der Waals surface area contributed by atoms with Crippen molar-refractivity contribution in [2.75, 3.05) is 6.54 Å². The molecule has 4 N–H and O–H groups in total. The second-order valence-corrected chi connectivity index (χ2v) is 9.38. The molecule has 5 nitrogen and oxygen atoms in total. The molecule has 1 aliphatic carbocycles. The lowest BCUT2D eigenvalue weighted by atomic mass is 9.87. The zero-order chi connectivity index (χ0) is 23.9. The van der Waals surface area contributed by atoms with Crippen molar-refractivity contribution in [3.8, 4) is 5.75 Å². The van der Waals surface area contributed by atoms with Gasteiger partial charge in [0.25, 0.3) is 0 Å². The van der Waals surface area contributed by atoms with Crippen molar-refractivity contribution in [2.45, 2.75) is 77.0 Å². The number of benzene rings is 1. The average molecular weight is 456 g/mol. The van der Waals surface area contributed by atoms with Crippen LogP contribution in [0.2, 0.25) is 0 Å². The van der Waals surface area contributed by atoms with E-state index >= 15 is 0 Å². The van der Waals surface area contributed by atoms with Gasteiger partial charge in [0.2, 0.25) is 0 Å². The summed E-state index contributed by atoms with van der Waals surface area (Å²) in [6.07, 6.45) is 18.6. The molecule has 0 saturated heterocycles. The second-order valence-electron chi connectivity index (χ2n) is 9.38. The highest BCUT2D eigenvalue weighted by molar-refractivity contribution is 5.66. The molecule has 182 valence electrons. The van der Waals surface area contributed by atoms with Gasteiger partial charge in [-0.1, -0.05) is 55.2 Å². The number of hydrogen-bond acceptors (Lipinski definition) is 4. The summed E-state index contributed by atoms with van der Waals surface area (Å²) in [5.41, 5.74) is 8.29. The Kier molecular flexibility index (Phi) is 12.6. The zero-order valence-electron chi connectivity index (χ0n) is 19.8. The SMILES string of the molecule is NCCC1=C[C@@H]([C@@H](C=O)CCCCC[C@H](C/C=C\CCC(=O)O)Cc2ccc(O)cc2)CC1. The number of carboxylic acid groups (broad SMARTS) is 1. The summed E-state index contributed by atoms with van der Waals surface area (Å²) in [5.74, 6) is 0.514. The van der Waals surface area contributed by atoms with Gasteiger partial charge < -0.3 is 20.7 Å². The summed E-state index contributed by atoms with van der Waals surface area (Å²) in [7, 11) is 0. The van der Waals surface area contributed by atoms with Crippen LogP contribution in [0.25, 0.3) is 0 Å². The molecule has 0 saturated carbocycles. The average Bonchev–Trinajstić information content (AvgIpc) is 3.25. The Morgan fingerprint density at radius 3 is 2.58 bits per heavy atom. The van der Waals surface area contributed by atoms with Crippen molar-refractivity contribution < 1.29 is 19.8 Å². The quantitative estimate of drug-likeness (QED) is 0.156. The van der Waals surface area contributed by atoms with Crippen LogP contribution in [0.15, 0.2) is 48.1 Å². The number of nitrogens with two attached hydrogens (primary N) is 1. The van der Waals surface area contributed by atoms with Crippen molar-refractivity contribution in [1.82, 2.24) is 0 Å². The molecule has 0 heterocycles. The normalized spacial score (nSPS) is 17.7. The lowest BCUT2D eigenvalue weighted by Crippen LogP contribution is -2.12. The van der Waals surface area contributed by atoms with Gasteiger partial charge in [0.1, 0.15) is 12.0 Å². The molecule has 0 bridgehead atoms.